The van der Waals surface area contributed by atoms with Crippen LogP contribution in [0.25, 0.3) is 0 Å². The van der Waals surface area contributed by atoms with E-state index in [2.05, 4.69) is 44.3 Å². The summed E-state index contributed by atoms with van der Waals surface area (Å²) in [5.74, 6) is 0.683. The van der Waals surface area contributed by atoms with Crippen molar-refractivity contribution < 1.29 is 0 Å². The zero-order chi connectivity index (χ0) is 11.8. The highest BCUT2D eigenvalue weighted by Crippen LogP contribution is 2.64. The molecule has 0 saturated heterocycles. The van der Waals surface area contributed by atoms with Gasteiger partial charge in [0.2, 0.25) is 0 Å². The van der Waals surface area contributed by atoms with Gasteiger partial charge in [-0.15, -0.1) is 0 Å². The second-order valence-corrected chi connectivity index (χ2v) is 11.4. The van der Waals surface area contributed by atoms with Crippen LogP contribution < -0.4 is 0 Å². The lowest BCUT2D eigenvalue weighted by atomic mass is 9.92. The van der Waals surface area contributed by atoms with Crippen molar-refractivity contribution in [2.45, 2.75) is 26.4 Å². The molecule has 2 aliphatic carbocycles. The van der Waals surface area contributed by atoms with Crippen molar-refractivity contribution in [1.82, 2.24) is 0 Å². The van der Waals surface area contributed by atoms with E-state index in [1.165, 1.54) is 0 Å². The number of thioether (sulfide) groups is 1. The van der Waals surface area contributed by atoms with Crippen LogP contribution in [0, 0.1) is 5.92 Å². The SMILES string of the molecule is CC1=C(C2=CC=CC2)C2C(=CC3=C2[Si]3(C)C)S1. The summed E-state index contributed by atoms with van der Waals surface area (Å²) in [4.78, 5) is 3.15. The third-order valence-corrected chi connectivity index (χ3v) is 9.02. The van der Waals surface area contributed by atoms with Crippen LogP contribution in [0.5, 0.6) is 0 Å². The van der Waals surface area contributed by atoms with Gasteiger partial charge in [0.15, 0.2) is 0 Å². The predicted molar refractivity (Wildman–Crippen MR) is 78.2 cm³/mol. The van der Waals surface area contributed by atoms with Crippen LogP contribution in [-0.2, 0) is 0 Å². The first kappa shape index (κ1) is 10.2. The summed E-state index contributed by atoms with van der Waals surface area (Å²) in [6, 6.07) is 0. The summed E-state index contributed by atoms with van der Waals surface area (Å²) in [5.41, 5.74) is 3.21. The molecule has 0 amide bonds. The minimum atomic E-state index is -1.05. The van der Waals surface area contributed by atoms with Gasteiger partial charge in [0.05, 0.1) is 0 Å². The number of fused-ring (bicyclic) bond motifs is 2. The molecule has 0 radical (unpaired) electrons. The molecule has 0 aromatic heterocycles. The Balaban J connectivity index is 1.79. The average molecular weight is 256 g/mol. The molecular formula is C15H16SSi. The van der Waals surface area contributed by atoms with E-state index in [4.69, 9.17) is 0 Å². The molecule has 0 fully saturated rings. The molecule has 2 aliphatic heterocycles. The van der Waals surface area contributed by atoms with Crippen LogP contribution in [0.2, 0.25) is 13.1 Å². The van der Waals surface area contributed by atoms with Gasteiger partial charge in [-0.1, -0.05) is 59.6 Å². The molecule has 0 saturated carbocycles. The maximum absolute atomic E-state index is 2.51. The molecule has 0 spiro atoms. The van der Waals surface area contributed by atoms with E-state index in [1.807, 2.05) is 17.0 Å². The van der Waals surface area contributed by atoms with Crippen LogP contribution in [-0.4, -0.2) is 8.07 Å². The summed E-state index contributed by atoms with van der Waals surface area (Å²) >= 11 is 2.02. The molecular weight excluding hydrogens is 240 g/mol. The maximum atomic E-state index is 2.51. The molecule has 4 rings (SSSR count). The molecule has 17 heavy (non-hydrogen) atoms. The number of allylic oxidation sites excluding steroid dienone is 10. The predicted octanol–water partition coefficient (Wildman–Crippen LogP) is 4.50. The molecule has 0 nitrogen and oxygen atoms in total. The first-order valence-corrected chi connectivity index (χ1v) is 10.1. The van der Waals surface area contributed by atoms with E-state index < -0.39 is 8.07 Å². The molecule has 2 heteroatoms. The smallest absolute Gasteiger partial charge is 0.0980 e. The van der Waals surface area contributed by atoms with E-state index in [1.54, 1.807) is 26.2 Å². The Morgan fingerprint density at radius 1 is 1.35 bits per heavy atom. The fraction of sp³-hybridized carbons (Fsp3) is 0.333. The first-order chi connectivity index (χ1) is 8.10. The van der Waals surface area contributed by atoms with Crippen LogP contribution >= 0.6 is 11.8 Å². The largest absolute Gasteiger partial charge is 0.108 e. The third-order valence-electron chi connectivity index (χ3n) is 4.49. The van der Waals surface area contributed by atoms with Crippen molar-refractivity contribution in [2.75, 3.05) is 0 Å². The number of hydrogen-bond donors (Lipinski definition) is 0. The monoisotopic (exact) mass is 256 g/mol. The zero-order valence-corrected chi connectivity index (χ0v) is 12.3. The van der Waals surface area contributed by atoms with Crippen molar-refractivity contribution >= 4 is 19.8 Å². The van der Waals surface area contributed by atoms with Crippen molar-refractivity contribution in [3.05, 3.63) is 55.7 Å². The van der Waals surface area contributed by atoms with Crippen LogP contribution in [0.3, 0.4) is 0 Å². The van der Waals surface area contributed by atoms with Gasteiger partial charge < -0.3 is 0 Å². The number of rotatable bonds is 1. The highest BCUT2D eigenvalue weighted by Gasteiger charge is 2.56. The highest BCUT2D eigenvalue weighted by molar-refractivity contribution is 8.07. The highest BCUT2D eigenvalue weighted by atomic mass is 32.2. The normalized spacial score (nSPS) is 31.8. The molecule has 86 valence electrons. The van der Waals surface area contributed by atoms with E-state index in [0.29, 0.717) is 5.92 Å². The van der Waals surface area contributed by atoms with E-state index in [9.17, 15) is 0 Å². The quantitative estimate of drug-likeness (QED) is 0.622. The van der Waals surface area contributed by atoms with Crippen molar-refractivity contribution in [3.8, 4) is 0 Å². The fourth-order valence-corrected chi connectivity index (χ4v) is 8.55. The van der Waals surface area contributed by atoms with Gasteiger partial charge in [-0.25, -0.2) is 0 Å². The summed E-state index contributed by atoms with van der Waals surface area (Å²) in [5, 5.41) is 3.58. The lowest BCUT2D eigenvalue weighted by Gasteiger charge is -2.18. The maximum Gasteiger partial charge on any atom is 0.108 e. The minimum Gasteiger partial charge on any atom is -0.0980 e. The Morgan fingerprint density at radius 2 is 2.18 bits per heavy atom. The zero-order valence-electron chi connectivity index (χ0n) is 10.5. The van der Waals surface area contributed by atoms with Crippen molar-refractivity contribution in [1.29, 1.82) is 0 Å². The van der Waals surface area contributed by atoms with Gasteiger partial charge in [0.25, 0.3) is 0 Å². The summed E-state index contributed by atoms with van der Waals surface area (Å²) in [6.07, 6.45) is 10.5. The standard InChI is InChI=1S/C15H16SSi/c1-9-13(10-6-4-5-7-10)14-11(16-9)8-12-15(14)17(12,2)3/h4-6,8,14H,7H2,1-3H3. The Bertz CT molecular complexity index is 596. The number of hydrogen-bond acceptors (Lipinski definition) is 1. The Labute approximate surface area is 108 Å². The van der Waals surface area contributed by atoms with Gasteiger partial charge in [-0.2, -0.15) is 0 Å². The molecule has 0 N–H and O–H groups in total. The molecule has 0 aromatic rings. The molecule has 1 unspecified atom stereocenters. The molecule has 0 bridgehead atoms. The Kier molecular flexibility index (Phi) is 1.79. The topological polar surface area (TPSA) is 0 Å². The van der Waals surface area contributed by atoms with Crippen LogP contribution in [0.15, 0.2) is 55.7 Å². The van der Waals surface area contributed by atoms with Crippen molar-refractivity contribution in [3.63, 3.8) is 0 Å². The fourth-order valence-electron chi connectivity index (χ4n) is 3.54. The lowest BCUT2D eigenvalue weighted by molar-refractivity contribution is 0.953. The van der Waals surface area contributed by atoms with E-state index in [-0.39, 0.29) is 0 Å². The Morgan fingerprint density at radius 3 is 2.88 bits per heavy atom. The summed E-state index contributed by atoms with van der Waals surface area (Å²) in [6.45, 7) is 7.31. The molecule has 4 aliphatic rings. The third kappa shape index (κ3) is 1.15. The van der Waals surface area contributed by atoms with Gasteiger partial charge in [-0.05, 0) is 29.4 Å². The lowest BCUT2D eigenvalue weighted by Crippen LogP contribution is -2.18. The first-order valence-electron chi connectivity index (χ1n) is 6.32. The van der Waals surface area contributed by atoms with Gasteiger partial charge in [-0.3, -0.25) is 0 Å². The molecule has 2 heterocycles. The second kappa shape index (κ2) is 2.98. The molecule has 1 atom stereocenters. The average Bonchev–Trinajstić information content (AvgIpc) is 2.76. The molecule has 0 aromatic carbocycles. The summed E-state index contributed by atoms with van der Waals surface area (Å²) < 4.78 is 0. The van der Waals surface area contributed by atoms with Gasteiger partial charge in [0.1, 0.15) is 8.07 Å². The van der Waals surface area contributed by atoms with Crippen molar-refractivity contribution in [2.24, 2.45) is 5.92 Å². The van der Waals surface area contributed by atoms with Crippen LogP contribution in [0.1, 0.15) is 13.3 Å². The second-order valence-electron chi connectivity index (χ2n) is 5.83. The van der Waals surface area contributed by atoms with Gasteiger partial charge >= 0.3 is 0 Å². The van der Waals surface area contributed by atoms with E-state index in [0.717, 1.165) is 6.42 Å². The minimum absolute atomic E-state index is 0.683. The summed E-state index contributed by atoms with van der Waals surface area (Å²) in [7, 11) is -1.05. The van der Waals surface area contributed by atoms with Gasteiger partial charge in [0, 0.05) is 10.8 Å². The Hall–Kier alpha value is -0.733. The van der Waals surface area contributed by atoms with E-state index >= 15 is 0 Å². The van der Waals surface area contributed by atoms with Crippen LogP contribution in [0.4, 0.5) is 0 Å².